The third-order valence-corrected chi connectivity index (χ3v) is 4.90. The van der Waals surface area contributed by atoms with E-state index in [-0.39, 0.29) is 6.42 Å². The van der Waals surface area contributed by atoms with Gasteiger partial charge in [-0.25, -0.2) is 9.78 Å². The zero-order chi connectivity index (χ0) is 21.8. The maximum absolute atomic E-state index is 12.8. The number of nitrogens with zero attached hydrogens (tertiary/aromatic N) is 1. The van der Waals surface area contributed by atoms with Crippen molar-refractivity contribution in [2.24, 2.45) is 5.92 Å². The van der Waals surface area contributed by atoms with Gasteiger partial charge in [-0.2, -0.15) is 0 Å². The molecule has 8 N–H and O–H groups in total. The Morgan fingerprint density at radius 1 is 1.34 bits per heavy atom. The minimum absolute atomic E-state index is 0.0263. The Labute approximate surface area is 166 Å². The minimum Gasteiger partial charge on any atom is -0.480 e. The van der Waals surface area contributed by atoms with Crippen molar-refractivity contribution < 1.29 is 39.9 Å². The Morgan fingerprint density at radius 3 is 2.48 bits per heavy atom. The molecular weight excluding hydrogens is 388 g/mol. The summed E-state index contributed by atoms with van der Waals surface area (Å²) in [6.45, 7) is 1.95. The third kappa shape index (κ3) is 5.10. The number of ether oxygens (including phenoxy) is 1. The molecule has 1 aromatic rings. The summed E-state index contributed by atoms with van der Waals surface area (Å²) in [7, 11) is 0. The number of aromatic nitrogens is 2. The molecule has 2 rings (SSSR count). The predicted octanol–water partition coefficient (Wildman–Crippen LogP) is -3.06. The summed E-state index contributed by atoms with van der Waals surface area (Å²) in [5, 5.41) is 54.0. The zero-order valence-electron chi connectivity index (χ0n) is 16.1. The summed E-state index contributed by atoms with van der Waals surface area (Å²) in [6, 6.07) is -2.33. The molecule has 1 aliphatic heterocycles. The normalized spacial score (nSPS) is 29.0. The van der Waals surface area contributed by atoms with Gasteiger partial charge in [-0.05, 0) is 5.92 Å². The average Bonchev–Trinajstić information content (AvgIpc) is 3.27. The van der Waals surface area contributed by atoms with Crippen LogP contribution in [0.3, 0.4) is 0 Å². The molecular formula is C17H28N4O8. The lowest BCUT2D eigenvalue weighted by molar-refractivity contribution is -0.154. The van der Waals surface area contributed by atoms with Crippen LogP contribution in [0.25, 0.3) is 0 Å². The third-order valence-electron chi connectivity index (χ3n) is 4.90. The Balaban J connectivity index is 2.17. The number of H-pyrrole nitrogens is 1. The predicted molar refractivity (Wildman–Crippen MR) is 97.4 cm³/mol. The molecule has 1 saturated heterocycles. The zero-order valence-corrected chi connectivity index (χ0v) is 16.1. The maximum atomic E-state index is 12.8. The molecule has 0 aromatic carbocycles. The number of nitrogens with one attached hydrogen (secondary N) is 3. The Hall–Kier alpha value is -2.09. The van der Waals surface area contributed by atoms with Gasteiger partial charge in [0, 0.05) is 18.3 Å². The van der Waals surface area contributed by atoms with E-state index >= 15 is 0 Å². The van der Waals surface area contributed by atoms with Crippen molar-refractivity contribution in [2.75, 3.05) is 13.2 Å². The molecule has 0 saturated carbocycles. The highest BCUT2D eigenvalue weighted by Crippen LogP contribution is 2.30. The summed E-state index contributed by atoms with van der Waals surface area (Å²) in [5.41, 5.74) is -1.39. The van der Waals surface area contributed by atoms with Gasteiger partial charge >= 0.3 is 5.97 Å². The van der Waals surface area contributed by atoms with Crippen LogP contribution < -0.4 is 10.6 Å². The SMILES string of the molecule is CC(C)[C@H](N[C@]1(CO)O[C@H](CO)[C@@H](O)[C@@H]1O)C(=O)N[C@@H](Cc1cnc[nH]1)C(=O)O. The first-order valence-electron chi connectivity index (χ1n) is 9.19. The van der Waals surface area contributed by atoms with Crippen molar-refractivity contribution in [3.8, 4) is 0 Å². The molecule has 1 amide bonds. The highest BCUT2D eigenvalue weighted by atomic mass is 16.6. The van der Waals surface area contributed by atoms with E-state index in [4.69, 9.17) is 4.74 Å². The van der Waals surface area contributed by atoms with Gasteiger partial charge in [0.25, 0.3) is 0 Å². The van der Waals surface area contributed by atoms with Crippen LogP contribution in [0.15, 0.2) is 12.5 Å². The molecule has 164 valence electrons. The van der Waals surface area contributed by atoms with Crippen molar-refractivity contribution in [2.45, 2.75) is 56.4 Å². The van der Waals surface area contributed by atoms with Crippen molar-refractivity contribution in [1.82, 2.24) is 20.6 Å². The number of imidazole rings is 1. The maximum Gasteiger partial charge on any atom is 0.326 e. The average molecular weight is 416 g/mol. The van der Waals surface area contributed by atoms with Crippen molar-refractivity contribution >= 4 is 11.9 Å². The standard InChI is InChI=1S/C17H28N4O8/c1-8(2)12(21-17(6-23)14(25)13(24)11(5-22)29-17)15(26)20-10(16(27)28)3-9-4-18-7-19-9/h4,7-8,10-14,21-25H,3,5-6H2,1-2H3,(H,18,19)(H,20,26)(H,27,28)/t10-,11+,12-,13+,14-,17+/m0/s1. The highest BCUT2D eigenvalue weighted by molar-refractivity contribution is 5.87. The van der Waals surface area contributed by atoms with Gasteiger partial charge < -0.3 is 40.6 Å². The molecule has 1 fully saturated rings. The number of aliphatic carboxylic acids is 1. The second-order valence-electron chi connectivity index (χ2n) is 7.37. The topological polar surface area (TPSA) is 197 Å². The monoisotopic (exact) mass is 416 g/mol. The van der Waals surface area contributed by atoms with Crippen LogP contribution in [-0.4, -0.2) is 96.7 Å². The number of carboxylic acids is 1. The summed E-state index contributed by atoms with van der Waals surface area (Å²) in [4.78, 5) is 31.0. The quantitative estimate of drug-likeness (QED) is 0.194. The van der Waals surface area contributed by atoms with Gasteiger partial charge in [-0.1, -0.05) is 13.8 Å². The largest absolute Gasteiger partial charge is 0.480 e. The number of aliphatic hydroxyl groups excluding tert-OH is 4. The molecule has 12 nitrogen and oxygen atoms in total. The van der Waals surface area contributed by atoms with Crippen LogP contribution in [0, 0.1) is 5.92 Å². The number of amides is 1. The Kier molecular flexibility index (Phi) is 7.68. The van der Waals surface area contributed by atoms with Crippen molar-refractivity contribution in [1.29, 1.82) is 0 Å². The fourth-order valence-corrected chi connectivity index (χ4v) is 3.21. The second-order valence-corrected chi connectivity index (χ2v) is 7.37. The van der Waals surface area contributed by atoms with E-state index in [0.717, 1.165) is 0 Å². The van der Waals surface area contributed by atoms with Gasteiger partial charge in [0.1, 0.15) is 24.4 Å². The van der Waals surface area contributed by atoms with Crippen LogP contribution in [0.5, 0.6) is 0 Å². The second kappa shape index (κ2) is 9.61. The van der Waals surface area contributed by atoms with E-state index in [2.05, 4.69) is 20.6 Å². The molecule has 0 unspecified atom stereocenters. The lowest BCUT2D eigenvalue weighted by Gasteiger charge is -2.36. The molecule has 6 atom stereocenters. The number of carbonyl (C=O) groups excluding carboxylic acids is 1. The Bertz CT molecular complexity index is 685. The van der Waals surface area contributed by atoms with Crippen LogP contribution in [0.4, 0.5) is 0 Å². The molecule has 0 radical (unpaired) electrons. The summed E-state index contributed by atoms with van der Waals surface area (Å²) >= 11 is 0. The van der Waals surface area contributed by atoms with Crippen molar-refractivity contribution in [3.63, 3.8) is 0 Å². The first kappa shape index (κ1) is 23.2. The van der Waals surface area contributed by atoms with Gasteiger partial charge in [0.2, 0.25) is 5.91 Å². The number of rotatable bonds is 10. The summed E-state index contributed by atoms with van der Waals surface area (Å²) in [5.74, 6) is -2.35. The molecule has 1 aromatic heterocycles. The fourth-order valence-electron chi connectivity index (χ4n) is 3.21. The molecule has 2 heterocycles. The number of carboxylic acid groups (broad SMARTS) is 1. The summed E-state index contributed by atoms with van der Waals surface area (Å²) < 4.78 is 5.42. The van der Waals surface area contributed by atoms with Gasteiger partial charge in [0.15, 0.2) is 5.72 Å². The smallest absolute Gasteiger partial charge is 0.326 e. The fraction of sp³-hybridized carbons (Fsp3) is 0.706. The number of aliphatic hydroxyl groups is 4. The van der Waals surface area contributed by atoms with Crippen molar-refractivity contribution in [3.05, 3.63) is 18.2 Å². The highest BCUT2D eigenvalue weighted by Gasteiger charge is 2.55. The number of carbonyl (C=O) groups is 2. The van der Waals surface area contributed by atoms with E-state index in [1.165, 1.54) is 12.5 Å². The molecule has 0 bridgehead atoms. The number of hydrogen-bond donors (Lipinski definition) is 8. The van der Waals surface area contributed by atoms with Crippen LogP contribution in [0.2, 0.25) is 0 Å². The molecule has 29 heavy (non-hydrogen) atoms. The molecule has 1 aliphatic rings. The van der Waals surface area contributed by atoms with Crippen LogP contribution in [0.1, 0.15) is 19.5 Å². The number of aromatic amines is 1. The Morgan fingerprint density at radius 2 is 2.03 bits per heavy atom. The van der Waals surface area contributed by atoms with E-state index in [0.29, 0.717) is 5.69 Å². The van der Waals surface area contributed by atoms with Crippen LogP contribution >= 0.6 is 0 Å². The number of hydrogen-bond acceptors (Lipinski definition) is 9. The summed E-state index contributed by atoms with van der Waals surface area (Å²) in [6.07, 6.45) is -1.46. The minimum atomic E-state index is -1.90. The molecule has 0 spiro atoms. The molecule has 12 heteroatoms. The van der Waals surface area contributed by atoms with E-state index in [1.807, 2.05) is 0 Å². The first-order valence-corrected chi connectivity index (χ1v) is 9.19. The van der Waals surface area contributed by atoms with Crippen LogP contribution in [-0.2, 0) is 20.7 Å². The van der Waals surface area contributed by atoms with E-state index in [1.54, 1.807) is 13.8 Å². The van der Waals surface area contributed by atoms with Gasteiger partial charge in [-0.3, -0.25) is 10.1 Å². The first-order chi connectivity index (χ1) is 13.6. The van der Waals surface area contributed by atoms with E-state index < -0.39 is 67.1 Å². The van der Waals surface area contributed by atoms with Gasteiger partial charge in [0.05, 0.1) is 25.6 Å². The lowest BCUT2D eigenvalue weighted by Crippen LogP contribution is -2.65. The lowest BCUT2D eigenvalue weighted by atomic mass is 9.97. The van der Waals surface area contributed by atoms with E-state index in [9.17, 15) is 35.1 Å². The van der Waals surface area contributed by atoms with Gasteiger partial charge in [-0.15, -0.1) is 0 Å². The molecule has 0 aliphatic carbocycles.